The Morgan fingerprint density at radius 3 is 3.06 bits per heavy atom. The van der Waals surface area contributed by atoms with E-state index in [9.17, 15) is 9.90 Å². The summed E-state index contributed by atoms with van der Waals surface area (Å²) in [4.78, 5) is 14.2. The summed E-state index contributed by atoms with van der Waals surface area (Å²) in [6, 6.07) is 5.53. The highest BCUT2D eigenvalue weighted by Crippen LogP contribution is 2.22. The molecule has 1 aliphatic heterocycles. The maximum atomic E-state index is 12.4. The molecule has 0 spiro atoms. The van der Waals surface area contributed by atoms with Gasteiger partial charge in [0.05, 0.1) is 5.56 Å². The van der Waals surface area contributed by atoms with Crippen molar-refractivity contribution in [2.45, 2.75) is 19.8 Å². The molecule has 1 atom stereocenters. The number of anilines is 1. The first-order valence-electron chi connectivity index (χ1n) is 6.38. The maximum absolute atomic E-state index is 12.4. The Kier molecular flexibility index (Phi) is 3.87. The van der Waals surface area contributed by atoms with Crippen molar-refractivity contribution >= 4 is 11.6 Å². The number of nitrogens with two attached hydrogens (primary N) is 1. The number of carbonyl (C=O) groups excluding carboxylic acids is 1. The number of hydrogen-bond acceptors (Lipinski definition) is 3. The Morgan fingerprint density at radius 2 is 2.33 bits per heavy atom. The third kappa shape index (κ3) is 2.48. The number of amides is 1. The van der Waals surface area contributed by atoms with Gasteiger partial charge < -0.3 is 15.7 Å². The molecular formula is C14H20N2O2. The number of aliphatic hydroxyl groups excluding tert-OH is 1. The molecule has 0 saturated carbocycles. The lowest BCUT2D eigenvalue weighted by Gasteiger charge is -2.32. The van der Waals surface area contributed by atoms with Crippen LogP contribution in [0, 0.1) is 12.8 Å². The number of carbonyl (C=O) groups is 1. The average molecular weight is 248 g/mol. The van der Waals surface area contributed by atoms with E-state index in [1.165, 1.54) is 0 Å². The summed E-state index contributed by atoms with van der Waals surface area (Å²) in [6.45, 7) is 3.43. The highest BCUT2D eigenvalue weighted by Gasteiger charge is 2.25. The predicted octanol–water partition coefficient (Wildman–Crippen LogP) is 1.42. The molecule has 0 bridgehead atoms. The summed E-state index contributed by atoms with van der Waals surface area (Å²) in [5.41, 5.74) is 8.03. The highest BCUT2D eigenvalue weighted by molar-refractivity contribution is 5.99. The van der Waals surface area contributed by atoms with Crippen LogP contribution in [0.15, 0.2) is 18.2 Å². The molecule has 1 saturated heterocycles. The Bertz CT molecular complexity index is 445. The first-order chi connectivity index (χ1) is 8.63. The molecule has 1 aliphatic rings. The van der Waals surface area contributed by atoms with Crippen LogP contribution < -0.4 is 5.73 Å². The summed E-state index contributed by atoms with van der Waals surface area (Å²) in [7, 11) is 0. The summed E-state index contributed by atoms with van der Waals surface area (Å²) >= 11 is 0. The standard InChI is InChI=1S/C14H20N2O2/c1-10-4-2-6-12(13(10)15)14(18)16-7-3-5-11(8-16)9-17/h2,4,6,11,17H,3,5,7-9,15H2,1H3. The first-order valence-corrected chi connectivity index (χ1v) is 6.38. The van der Waals surface area contributed by atoms with Crippen molar-refractivity contribution in [2.75, 3.05) is 25.4 Å². The molecule has 0 radical (unpaired) electrons. The molecule has 2 rings (SSSR count). The number of aliphatic hydroxyl groups is 1. The fraction of sp³-hybridized carbons (Fsp3) is 0.500. The fourth-order valence-electron chi connectivity index (χ4n) is 2.44. The summed E-state index contributed by atoms with van der Waals surface area (Å²) in [5, 5.41) is 9.20. The lowest BCUT2D eigenvalue weighted by Crippen LogP contribution is -2.41. The van der Waals surface area contributed by atoms with Gasteiger partial charge in [-0.25, -0.2) is 0 Å². The van der Waals surface area contributed by atoms with Crippen LogP contribution in [0.2, 0.25) is 0 Å². The van der Waals surface area contributed by atoms with Crippen LogP contribution in [0.4, 0.5) is 5.69 Å². The summed E-state index contributed by atoms with van der Waals surface area (Å²) < 4.78 is 0. The van der Waals surface area contributed by atoms with Crippen LogP contribution in [0.25, 0.3) is 0 Å². The second-order valence-corrected chi connectivity index (χ2v) is 4.98. The largest absolute Gasteiger partial charge is 0.398 e. The number of rotatable bonds is 2. The molecule has 0 aromatic heterocycles. The van der Waals surface area contributed by atoms with Gasteiger partial charge in [0.15, 0.2) is 0 Å². The van der Waals surface area contributed by atoms with Gasteiger partial charge in [-0.3, -0.25) is 4.79 Å². The maximum Gasteiger partial charge on any atom is 0.255 e. The average Bonchev–Trinajstić information content (AvgIpc) is 2.41. The van der Waals surface area contributed by atoms with Crippen LogP contribution >= 0.6 is 0 Å². The number of nitrogen functional groups attached to an aromatic ring is 1. The molecule has 4 nitrogen and oxygen atoms in total. The van der Waals surface area contributed by atoms with E-state index in [0.717, 1.165) is 24.9 Å². The topological polar surface area (TPSA) is 66.6 Å². The van der Waals surface area contributed by atoms with Gasteiger partial charge >= 0.3 is 0 Å². The third-order valence-corrected chi connectivity index (χ3v) is 3.62. The quantitative estimate of drug-likeness (QED) is 0.778. The highest BCUT2D eigenvalue weighted by atomic mass is 16.3. The molecule has 18 heavy (non-hydrogen) atoms. The second kappa shape index (κ2) is 5.40. The minimum Gasteiger partial charge on any atom is -0.398 e. The molecule has 1 fully saturated rings. The van der Waals surface area contributed by atoms with Gasteiger partial charge in [-0.1, -0.05) is 12.1 Å². The van der Waals surface area contributed by atoms with E-state index in [1.54, 1.807) is 11.0 Å². The van der Waals surface area contributed by atoms with E-state index in [-0.39, 0.29) is 18.4 Å². The van der Waals surface area contributed by atoms with E-state index in [1.807, 2.05) is 19.1 Å². The zero-order valence-electron chi connectivity index (χ0n) is 10.7. The Balaban J connectivity index is 2.18. The van der Waals surface area contributed by atoms with E-state index in [2.05, 4.69) is 0 Å². The minimum atomic E-state index is -0.0191. The van der Waals surface area contributed by atoms with Crippen molar-refractivity contribution in [1.82, 2.24) is 4.90 Å². The number of benzene rings is 1. The van der Waals surface area contributed by atoms with Crippen LogP contribution in [0.1, 0.15) is 28.8 Å². The van der Waals surface area contributed by atoms with E-state index < -0.39 is 0 Å². The van der Waals surface area contributed by atoms with Crippen LogP contribution in [0.5, 0.6) is 0 Å². The molecule has 1 aromatic carbocycles. The normalized spacial score (nSPS) is 19.9. The van der Waals surface area contributed by atoms with Crippen LogP contribution in [-0.2, 0) is 0 Å². The van der Waals surface area contributed by atoms with E-state index in [4.69, 9.17) is 5.73 Å². The van der Waals surface area contributed by atoms with Gasteiger partial charge in [-0.05, 0) is 37.3 Å². The smallest absolute Gasteiger partial charge is 0.255 e. The van der Waals surface area contributed by atoms with Crippen molar-refractivity contribution in [3.8, 4) is 0 Å². The lowest BCUT2D eigenvalue weighted by atomic mass is 9.98. The molecule has 1 aromatic rings. The Morgan fingerprint density at radius 1 is 1.56 bits per heavy atom. The van der Waals surface area contributed by atoms with Crippen molar-refractivity contribution < 1.29 is 9.90 Å². The summed E-state index contributed by atoms with van der Waals surface area (Å²) in [5.74, 6) is 0.183. The zero-order valence-corrected chi connectivity index (χ0v) is 10.7. The molecule has 3 N–H and O–H groups in total. The second-order valence-electron chi connectivity index (χ2n) is 4.98. The molecule has 4 heteroatoms. The Hall–Kier alpha value is -1.55. The van der Waals surface area contributed by atoms with Gasteiger partial charge in [0.2, 0.25) is 0 Å². The number of para-hydroxylation sites is 1. The van der Waals surface area contributed by atoms with Gasteiger partial charge in [0, 0.05) is 25.4 Å². The zero-order chi connectivity index (χ0) is 13.1. The number of hydrogen-bond donors (Lipinski definition) is 2. The van der Waals surface area contributed by atoms with Gasteiger partial charge in [-0.15, -0.1) is 0 Å². The molecule has 1 unspecified atom stereocenters. The van der Waals surface area contributed by atoms with Gasteiger partial charge in [0.25, 0.3) is 5.91 Å². The third-order valence-electron chi connectivity index (χ3n) is 3.62. The van der Waals surface area contributed by atoms with Crippen molar-refractivity contribution in [1.29, 1.82) is 0 Å². The molecular weight excluding hydrogens is 228 g/mol. The molecule has 1 heterocycles. The van der Waals surface area contributed by atoms with Crippen LogP contribution in [0.3, 0.4) is 0 Å². The van der Waals surface area contributed by atoms with E-state index >= 15 is 0 Å². The van der Waals surface area contributed by atoms with Crippen LogP contribution in [-0.4, -0.2) is 35.6 Å². The Labute approximate surface area is 107 Å². The van der Waals surface area contributed by atoms with Crippen molar-refractivity contribution in [2.24, 2.45) is 5.92 Å². The minimum absolute atomic E-state index is 0.0191. The molecule has 0 aliphatic carbocycles. The number of piperidine rings is 1. The first kappa shape index (κ1) is 12.9. The fourth-order valence-corrected chi connectivity index (χ4v) is 2.44. The lowest BCUT2D eigenvalue weighted by molar-refractivity contribution is 0.0621. The SMILES string of the molecule is Cc1cccc(C(=O)N2CCCC(CO)C2)c1N. The predicted molar refractivity (Wildman–Crippen MR) is 71.3 cm³/mol. The number of nitrogens with zero attached hydrogens (tertiary/aromatic N) is 1. The van der Waals surface area contributed by atoms with Gasteiger partial charge in [-0.2, -0.15) is 0 Å². The molecule has 1 amide bonds. The van der Waals surface area contributed by atoms with Gasteiger partial charge in [0.1, 0.15) is 0 Å². The number of likely N-dealkylation sites (tertiary alicyclic amines) is 1. The van der Waals surface area contributed by atoms with Crippen molar-refractivity contribution in [3.05, 3.63) is 29.3 Å². The number of aryl methyl sites for hydroxylation is 1. The van der Waals surface area contributed by atoms with Crippen molar-refractivity contribution in [3.63, 3.8) is 0 Å². The monoisotopic (exact) mass is 248 g/mol. The summed E-state index contributed by atoms with van der Waals surface area (Å²) in [6.07, 6.45) is 1.94. The molecule has 98 valence electrons. The van der Waals surface area contributed by atoms with E-state index in [0.29, 0.717) is 17.8 Å².